The summed E-state index contributed by atoms with van der Waals surface area (Å²) in [6.45, 7) is 1.92. The molecular weight excluding hydrogens is 282 g/mol. The topological polar surface area (TPSA) is 47.0 Å². The van der Waals surface area contributed by atoms with E-state index in [1.54, 1.807) is 24.4 Å². The van der Waals surface area contributed by atoms with Crippen molar-refractivity contribution < 1.29 is 8.42 Å². The van der Waals surface area contributed by atoms with Crippen LogP contribution in [0.25, 0.3) is 10.8 Å². The lowest BCUT2D eigenvalue weighted by Gasteiger charge is -2.06. The van der Waals surface area contributed by atoms with E-state index in [1.807, 2.05) is 43.3 Å². The van der Waals surface area contributed by atoms with Crippen molar-refractivity contribution in [3.63, 3.8) is 0 Å². The predicted octanol–water partition coefficient (Wildman–Crippen LogP) is 3.52. The molecule has 3 aromatic rings. The Labute approximate surface area is 124 Å². The normalized spacial score (nSPS) is 11.7. The highest BCUT2D eigenvalue weighted by molar-refractivity contribution is 7.90. The number of fused-ring (bicyclic) bond motifs is 1. The van der Waals surface area contributed by atoms with E-state index in [0.29, 0.717) is 10.6 Å². The molecule has 0 aliphatic carbocycles. The van der Waals surface area contributed by atoms with Gasteiger partial charge in [0.15, 0.2) is 9.84 Å². The van der Waals surface area contributed by atoms with Crippen LogP contribution in [0.1, 0.15) is 11.3 Å². The van der Waals surface area contributed by atoms with Crippen LogP contribution in [0.3, 0.4) is 0 Å². The molecule has 2 aromatic carbocycles. The number of aromatic nitrogens is 1. The van der Waals surface area contributed by atoms with Crippen molar-refractivity contribution in [3.8, 4) is 0 Å². The third kappa shape index (κ3) is 2.95. The summed E-state index contributed by atoms with van der Waals surface area (Å²) in [4.78, 5) is 4.47. The highest BCUT2D eigenvalue weighted by Gasteiger charge is 2.16. The maximum atomic E-state index is 12.5. The number of aryl methyl sites for hydroxylation is 1. The van der Waals surface area contributed by atoms with E-state index in [0.717, 1.165) is 16.3 Å². The van der Waals surface area contributed by atoms with Gasteiger partial charge in [0.2, 0.25) is 0 Å². The molecule has 0 atom stereocenters. The maximum absolute atomic E-state index is 12.5. The van der Waals surface area contributed by atoms with Crippen molar-refractivity contribution in [2.75, 3.05) is 0 Å². The van der Waals surface area contributed by atoms with E-state index in [9.17, 15) is 8.42 Å². The smallest absolute Gasteiger partial charge is 0.184 e. The van der Waals surface area contributed by atoms with E-state index in [1.165, 1.54) is 0 Å². The third-order valence-corrected chi connectivity index (χ3v) is 5.04. The first-order valence-electron chi connectivity index (χ1n) is 6.68. The predicted molar refractivity (Wildman–Crippen MR) is 83.8 cm³/mol. The minimum absolute atomic E-state index is 0.0764. The highest BCUT2D eigenvalue weighted by Crippen LogP contribution is 2.21. The van der Waals surface area contributed by atoms with Gasteiger partial charge in [0.25, 0.3) is 0 Å². The van der Waals surface area contributed by atoms with Crippen LogP contribution in [0, 0.1) is 6.92 Å². The Balaban J connectivity index is 2.00. The molecule has 0 fully saturated rings. The second-order valence-corrected chi connectivity index (χ2v) is 7.08. The van der Waals surface area contributed by atoms with Gasteiger partial charge in [-0.15, -0.1) is 0 Å². The van der Waals surface area contributed by atoms with Gasteiger partial charge in [-0.25, -0.2) is 8.42 Å². The van der Waals surface area contributed by atoms with Gasteiger partial charge in [-0.3, -0.25) is 4.98 Å². The van der Waals surface area contributed by atoms with Gasteiger partial charge in [0.05, 0.1) is 16.3 Å². The van der Waals surface area contributed by atoms with Crippen molar-refractivity contribution in [2.24, 2.45) is 0 Å². The molecule has 0 radical (unpaired) electrons. The van der Waals surface area contributed by atoms with Crippen LogP contribution in [0.4, 0.5) is 0 Å². The van der Waals surface area contributed by atoms with Crippen LogP contribution in [-0.4, -0.2) is 13.4 Å². The van der Waals surface area contributed by atoms with Gasteiger partial charge in [-0.05, 0) is 47.5 Å². The molecule has 0 spiro atoms. The van der Waals surface area contributed by atoms with E-state index in [4.69, 9.17) is 0 Å². The Kier molecular flexibility index (Phi) is 3.47. The van der Waals surface area contributed by atoms with Crippen molar-refractivity contribution in [2.45, 2.75) is 17.6 Å². The fourth-order valence-corrected chi connectivity index (χ4v) is 3.61. The lowest BCUT2D eigenvalue weighted by molar-refractivity contribution is 0.595. The van der Waals surface area contributed by atoms with Crippen LogP contribution in [-0.2, 0) is 15.6 Å². The van der Waals surface area contributed by atoms with Gasteiger partial charge in [-0.2, -0.15) is 0 Å². The zero-order valence-corrected chi connectivity index (χ0v) is 12.5. The van der Waals surface area contributed by atoms with Crippen LogP contribution >= 0.6 is 0 Å². The number of rotatable bonds is 3. The molecule has 0 unspecified atom stereocenters. The molecule has 21 heavy (non-hydrogen) atoms. The highest BCUT2D eigenvalue weighted by atomic mass is 32.2. The van der Waals surface area contributed by atoms with Crippen molar-refractivity contribution in [3.05, 3.63) is 72.1 Å². The summed E-state index contributed by atoms with van der Waals surface area (Å²) in [5.41, 5.74) is 1.58. The van der Waals surface area contributed by atoms with E-state index >= 15 is 0 Å². The van der Waals surface area contributed by atoms with E-state index < -0.39 is 9.84 Å². The maximum Gasteiger partial charge on any atom is 0.184 e. The summed E-state index contributed by atoms with van der Waals surface area (Å²) in [7, 11) is -3.38. The average molecular weight is 297 g/mol. The van der Waals surface area contributed by atoms with E-state index in [2.05, 4.69) is 4.98 Å². The number of pyridine rings is 1. The number of nitrogens with zero attached hydrogens (tertiary/aromatic N) is 1. The van der Waals surface area contributed by atoms with Crippen LogP contribution in [0.2, 0.25) is 0 Å². The number of benzene rings is 2. The Morgan fingerprint density at radius 2 is 1.71 bits per heavy atom. The third-order valence-electron chi connectivity index (χ3n) is 3.39. The van der Waals surface area contributed by atoms with Crippen molar-refractivity contribution in [1.82, 2.24) is 4.98 Å². The Morgan fingerprint density at radius 3 is 2.48 bits per heavy atom. The molecule has 1 heterocycles. The molecule has 0 saturated heterocycles. The molecule has 1 aromatic heterocycles. The number of sulfone groups is 1. The van der Waals surface area contributed by atoms with Crippen LogP contribution < -0.4 is 0 Å². The lowest BCUT2D eigenvalue weighted by Crippen LogP contribution is -2.06. The summed E-state index contributed by atoms with van der Waals surface area (Å²) in [5, 5.41) is 1.96. The minimum atomic E-state index is -3.38. The fourth-order valence-electron chi connectivity index (χ4n) is 2.32. The van der Waals surface area contributed by atoms with Crippen molar-refractivity contribution in [1.29, 1.82) is 0 Å². The quantitative estimate of drug-likeness (QED) is 0.743. The summed E-state index contributed by atoms with van der Waals surface area (Å²) >= 11 is 0. The van der Waals surface area contributed by atoms with E-state index in [-0.39, 0.29) is 5.75 Å². The lowest BCUT2D eigenvalue weighted by atomic mass is 10.1. The van der Waals surface area contributed by atoms with Gasteiger partial charge in [0, 0.05) is 6.20 Å². The zero-order valence-electron chi connectivity index (χ0n) is 11.7. The minimum Gasteiger partial charge on any atom is -0.260 e. The van der Waals surface area contributed by atoms with Gasteiger partial charge < -0.3 is 0 Å². The van der Waals surface area contributed by atoms with Gasteiger partial charge in [0.1, 0.15) is 0 Å². The monoisotopic (exact) mass is 297 g/mol. The summed E-state index contributed by atoms with van der Waals surface area (Å²) in [5.74, 6) is -0.0764. The summed E-state index contributed by atoms with van der Waals surface area (Å²) < 4.78 is 25.0. The second kappa shape index (κ2) is 5.30. The van der Waals surface area contributed by atoms with Crippen LogP contribution in [0.15, 0.2) is 65.7 Å². The summed E-state index contributed by atoms with van der Waals surface area (Å²) in [6.07, 6.45) is 1.64. The second-order valence-electron chi connectivity index (χ2n) is 5.09. The number of hydrogen-bond acceptors (Lipinski definition) is 3. The Bertz CT molecular complexity index is 901. The average Bonchev–Trinajstić information content (AvgIpc) is 2.46. The molecule has 0 aliphatic heterocycles. The molecule has 106 valence electrons. The SMILES string of the molecule is Cc1ccnc(CS(=O)(=O)c2ccc3ccccc3c2)c1. The Morgan fingerprint density at radius 1 is 0.952 bits per heavy atom. The first-order valence-corrected chi connectivity index (χ1v) is 8.33. The molecule has 3 rings (SSSR count). The van der Waals surface area contributed by atoms with Crippen molar-refractivity contribution >= 4 is 20.6 Å². The fraction of sp³-hybridized carbons (Fsp3) is 0.118. The number of hydrogen-bond donors (Lipinski definition) is 0. The van der Waals surface area contributed by atoms with Gasteiger partial charge in [-0.1, -0.05) is 30.3 Å². The first kappa shape index (κ1) is 13.8. The molecular formula is C17H15NO2S. The molecule has 0 saturated carbocycles. The molecule has 0 aliphatic rings. The molecule has 0 bridgehead atoms. The molecule has 3 nitrogen and oxygen atoms in total. The Hall–Kier alpha value is -2.20. The molecule has 0 amide bonds. The van der Waals surface area contributed by atoms with Crippen LogP contribution in [0.5, 0.6) is 0 Å². The largest absolute Gasteiger partial charge is 0.260 e. The first-order chi connectivity index (χ1) is 10.0. The zero-order chi connectivity index (χ0) is 14.9. The van der Waals surface area contributed by atoms with Gasteiger partial charge >= 0.3 is 0 Å². The molecule has 0 N–H and O–H groups in total. The summed E-state index contributed by atoms with van der Waals surface area (Å²) in [6, 6.07) is 16.6. The molecule has 4 heteroatoms. The standard InChI is InChI=1S/C17H15NO2S/c1-13-8-9-18-16(10-13)12-21(19,20)17-7-6-14-4-2-3-5-15(14)11-17/h2-11H,12H2,1H3.